The predicted octanol–water partition coefficient (Wildman–Crippen LogP) is 1.24. The second-order valence-electron chi connectivity index (χ2n) is 11.0. The van der Waals surface area contributed by atoms with Crippen LogP contribution in [0.4, 0.5) is 10.6 Å². The first-order valence-electron chi connectivity index (χ1n) is 13.2. The summed E-state index contributed by atoms with van der Waals surface area (Å²) in [5.74, 6) is 0.0322. The maximum absolute atomic E-state index is 12.9. The first-order valence-corrected chi connectivity index (χ1v) is 13.2. The molecule has 0 bridgehead atoms. The van der Waals surface area contributed by atoms with Gasteiger partial charge in [-0.25, -0.2) is 9.59 Å². The molecule has 3 heterocycles. The lowest BCUT2D eigenvalue weighted by Crippen LogP contribution is -2.58. The van der Waals surface area contributed by atoms with Gasteiger partial charge in [0.25, 0.3) is 0 Å². The molecule has 3 amide bonds. The summed E-state index contributed by atoms with van der Waals surface area (Å²) in [4.78, 5) is 48.0. The maximum atomic E-state index is 12.9. The van der Waals surface area contributed by atoms with Crippen molar-refractivity contribution < 1.29 is 14.7 Å². The van der Waals surface area contributed by atoms with Crippen molar-refractivity contribution in [3.63, 3.8) is 0 Å². The van der Waals surface area contributed by atoms with Crippen molar-refractivity contribution in [3.8, 4) is 5.69 Å². The van der Waals surface area contributed by atoms with Gasteiger partial charge < -0.3 is 20.6 Å². The summed E-state index contributed by atoms with van der Waals surface area (Å²) in [7, 11) is 0. The zero-order chi connectivity index (χ0) is 27.4. The minimum absolute atomic E-state index is 0.138. The number of benzene rings is 1. The van der Waals surface area contributed by atoms with E-state index in [0.29, 0.717) is 31.4 Å². The highest BCUT2D eigenvalue weighted by Gasteiger charge is 2.36. The van der Waals surface area contributed by atoms with Gasteiger partial charge in [0.05, 0.1) is 17.7 Å². The van der Waals surface area contributed by atoms with Gasteiger partial charge >= 0.3 is 11.7 Å². The van der Waals surface area contributed by atoms with Crippen molar-refractivity contribution in [1.29, 1.82) is 0 Å². The van der Waals surface area contributed by atoms with E-state index >= 15 is 0 Å². The van der Waals surface area contributed by atoms with Crippen LogP contribution in [-0.2, 0) is 11.3 Å². The van der Waals surface area contributed by atoms with Gasteiger partial charge in [-0.15, -0.1) is 0 Å². The molecule has 1 atom stereocenters. The Morgan fingerprint density at radius 3 is 2.39 bits per heavy atom. The van der Waals surface area contributed by atoms with E-state index in [-0.39, 0.29) is 30.4 Å². The van der Waals surface area contributed by atoms with E-state index in [0.717, 1.165) is 32.5 Å². The molecule has 1 unspecified atom stereocenters. The first-order chi connectivity index (χ1) is 18.1. The van der Waals surface area contributed by atoms with E-state index in [1.807, 2.05) is 31.2 Å². The number of urea groups is 1. The smallest absolute Gasteiger partial charge is 0.354 e. The molecule has 11 nitrogen and oxygen atoms in total. The fourth-order valence-corrected chi connectivity index (χ4v) is 4.92. The molecule has 1 aromatic heterocycles. The van der Waals surface area contributed by atoms with Gasteiger partial charge in [0.2, 0.25) is 5.91 Å². The van der Waals surface area contributed by atoms with E-state index in [2.05, 4.69) is 15.2 Å². The highest BCUT2D eigenvalue weighted by molar-refractivity contribution is 5.89. The number of nitrogens with zero attached hydrogens (tertiary/aromatic N) is 5. The van der Waals surface area contributed by atoms with Gasteiger partial charge in [0, 0.05) is 44.5 Å². The zero-order valence-electron chi connectivity index (χ0n) is 22.5. The molecule has 2 aliphatic heterocycles. The second-order valence-corrected chi connectivity index (χ2v) is 11.0. The zero-order valence-corrected chi connectivity index (χ0v) is 22.5. The van der Waals surface area contributed by atoms with E-state index in [1.54, 1.807) is 35.9 Å². The standard InChI is InChI=1S/C27H39N7O4/c1-19-16-32(24(36)27(2,3)18-35)14-15-33(19)25(37)29-23-10-13-34(26(38)30-23)22-6-4-20(5-7-22)17-31-11-8-21(28)9-12-31/h4-7,10,13,19,21,35H,8-9,11-12,14-18,28H2,1-3H3,(H,29,30,37,38). The number of piperazine rings is 1. The van der Waals surface area contributed by atoms with E-state index in [1.165, 1.54) is 10.1 Å². The van der Waals surface area contributed by atoms with Crippen LogP contribution in [-0.4, -0.2) is 92.7 Å². The van der Waals surface area contributed by atoms with Gasteiger partial charge in [-0.05, 0) is 70.5 Å². The summed E-state index contributed by atoms with van der Waals surface area (Å²) in [6.07, 6.45) is 3.63. The van der Waals surface area contributed by atoms with Gasteiger partial charge in [-0.3, -0.25) is 19.6 Å². The normalized spacial score (nSPS) is 19.4. The molecule has 2 aliphatic rings. The van der Waals surface area contributed by atoms with Crippen LogP contribution in [0.25, 0.3) is 5.69 Å². The molecule has 1 aromatic carbocycles. The number of piperidine rings is 1. The van der Waals surface area contributed by atoms with Crippen LogP contribution in [0.15, 0.2) is 41.3 Å². The molecule has 206 valence electrons. The molecule has 0 aliphatic carbocycles. The number of amides is 3. The molecule has 0 spiro atoms. The molecule has 11 heteroatoms. The Kier molecular flexibility index (Phi) is 8.49. The molecular formula is C27H39N7O4. The van der Waals surface area contributed by atoms with Gasteiger partial charge in [-0.2, -0.15) is 4.98 Å². The minimum atomic E-state index is -0.861. The summed E-state index contributed by atoms with van der Waals surface area (Å²) >= 11 is 0. The summed E-state index contributed by atoms with van der Waals surface area (Å²) in [5.41, 5.74) is 6.51. The van der Waals surface area contributed by atoms with Crippen LogP contribution in [0.3, 0.4) is 0 Å². The summed E-state index contributed by atoms with van der Waals surface area (Å²) in [5, 5.41) is 12.2. The van der Waals surface area contributed by atoms with Gasteiger partial charge in [0.15, 0.2) is 0 Å². The molecule has 4 N–H and O–H groups in total. The van der Waals surface area contributed by atoms with Crippen LogP contribution >= 0.6 is 0 Å². The van der Waals surface area contributed by atoms with Crippen LogP contribution in [0.5, 0.6) is 0 Å². The highest BCUT2D eigenvalue weighted by atomic mass is 16.3. The van der Waals surface area contributed by atoms with Gasteiger partial charge in [-0.1, -0.05) is 12.1 Å². The number of rotatable bonds is 6. The summed E-state index contributed by atoms with van der Waals surface area (Å²) in [6.45, 7) is 8.95. The fourth-order valence-electron chi connectivity index (χ4n) is 4.92. The SMILES string of the molecule is CC1CN(C(=O)C(C)(C)CO)CCN1C(=O)Nc1ccn(-c2ccc(CN3CCC(N)CC3)cc2)c(=O)n1. The maximum Gasteiger partial charge on any atom is 0.354 e. The van der Waals surface area contributed by atoms with Crippen molar-refractivity contribution in [2.75, 3.05) is 44.6 Å². The Hall–Kier alpha value is -3.28. The number of nitrogens with one attached hydrogen (secondary N) is 1. The summed E-state index contributed by atoms with van der Waals surface area (Å²) in [6, 6.07) is 9.10. The molecular weight excluding hydrogens is 486 g/mol. The third-order valence-corrected chi connectivity index (χ3v) is 7.44. The van der Waals surface area contributed by atoms with Crippen LogP contribution in [0.2, 0.25) is 0 Å². The molecule has 4 rings (SSSR count). The molecule has 0 saturated carbocycles. The number of hydrogen-bond donors (Lipinski definition) is 3. The Morgan fingerprint density at radius 2 is 1.79 bits per heavy atom. The molecule has 0 radical (unpaired) electrons. The largest absolute Gasteiger partial charge is 0.395 e. The van der Waals surface area contributed by atoms with Crippen LogP contribution in [0, 0.1) is 5.41 Å². The third kappa shape index (κ3) is 6.40. The van der Waals surface area contributed by atoms with Crippen molar-refractivity contribution >= 4 is 17.8 Å². The van der Waals surface area contributed by atoms with E-state index in [9.17, 15) is 19.5 Å². The summed E-state index contributed by atoms with van der Waals surface area (Å²) < 4.78 is 1.44. The van der Waals surface area contributed by atoms with E-state index in [4.69, 9.17) is 5.73 Å². The lowest BCUT2D eigenvalue weighted by atomic mass is 9.92. The quantitative estimate of drug-likeness (QED) is 0.516. The predicted molar refractivity (Wildman–Crippen MR) is 145 cm³/mol. The van der Waals surface area contributed by atoms with Crippen LogP contribution < -0.4 is 16.7 Å². The van der Waals surface area contributed by atoms with E-state index < -0.39 is 11.1 Å². The molecule has 2 aromatic rings. The third-order valence-electron chi connectivity index (χ3n) is 7.44. The first kappa shape index (κ1) is 27.7. The molecule has 38 heavy (non-hydrogen) atoms. The Bertz CT molecular complexity index is 1190. The monoisotopic (exact) mass is 525 g/mol. The average molecular weight is 526 g/mol. The minimum Gasteiger partial charge on any atom is -0.395 e. The Morgan fingerprint density at radius 1 is 1.11 bits per heavy atom. The lowest BCUT2D eigenvalue weighted by molar-refractivity contribution is -0.144. The van der Waals surface area contributed by atoms with Crippen molar-refractivity contribution in [2.24, 2.45) is 11.1 Å². The van der Waals surface area contributed by atoms with Crippen LogP contribution in [0.1, 0.15) is 39.2 Å². The number of carbonyl (C=O) groups is 2. The van der Waals surface area contributed by atoms with Crippen molar-refractivity contribution in [2.45, 2.75) is 52.2 Å². The molecule has 2 saturated heterocycles. The number of aliphatic hydroxyl groups is 1. The number of anilines is 1. The fraction of sp³-hybridized carbons (Fsp3) is 0.556. The Labute approximate surface area is 223 Å². The number of likely N-dealkylation sites (tertiary alicyclic amines) is 1. The topological polar surface area (TPSA) is 137 Å². The van der Waals surface area contributed by atoms with Crippen molar-refractivity contribution in [1.82, 2.24) is 24.3 Å². The van der Waals surface area contributed by atoms with Crippen molar-refractivity contribution in [3.05, 3.63) is 52.6 Å². The number of aliphatic hydroxyl groups excluding tert-OH is 1. The number of nitrogens with two attached hydrogens (primary N) is 1. The average Bonchev–Trinajstić information content (AvgIpc) is 2.90. The number of carbonyl (C=O) groups excluding carboxylic acids is 2. The molecule has 2 fully saturated rings. The lowest BCUT2D eigenvalue weighted by Gasteiger charge is -2.42. The van der Waals surface area contributed by atoms with Gasteiger partial charge in [0.1, 0.15) is 5.82 Å². The number of hydrogen-bond acceptors (Lipinski definition) is 7. The highest BCUT2D eigenvalue weighted by Crippen LogP contribution is 2.21. The number of aromatic nitrogens is 2. The second kappa shape index (κ2) is 11.6. The Balaban J connectivity index is 1.34.